The molecule has 0 N–H and O–H groups in total. The summed E-state index contributed by atoms with van der Waals surface area (Å²) in [5.41, 5.74) is -0.0179. The van der Waals surface area contributed by atoms with E-state index in [1.165, 1.54) is 18.4 Å². The Balaban J connectivity index is 1.50. The molecule has 0 atom stereocenters. The van der Waals surface area contributed by atoms with Crippen molar-refractivity contribution in [2.45, 2.75) is 0 Å². The molecule has 1 aliphatic heterocycles. The van der Waals surface area contributed by atoms with Gasteiger partial charge in [-0.25, -0.2) is 0 Å². The third-order valence-corrected chi connectivity index (χ3v) is 4.72. The molecule has 1 saturated heterocycles. The second-order valence-corrected chi connectivity index (χ2v) is 6.61. The molecule has 1 aliphatic rings. The van der Waals surface area contributed by atoms with Gasteiger partial charge < -0.3 is 18.6 Å². The van der Waals surface area contributed by atoms with Gasteiger partial charge in [-0.05, 0) is 30.3 Å². The van der Waals surface area contributed by atoms with Crippen molar-refractivity contribution in [3.8, 4) is 0 Å². The van der Waals surface area contributed by atoms with Gasteiger partial charge in [-0.2, -0.15) is 0 Å². The van der Waals surface area contributed by atoms with Gasteiger partial charge in [0, 0.05) is 37.3 Å². The number of piperazine rings is 1. The van der Waals surface area contributed by atoms with Crippen LogP contribution in [0.4, 0.5) is 0 Å². The van der Waals surface area contributed by atoms with Crippen molar-refractivity contribution < 1.29 is 18.4 Å². The van der Waals surface area contributed by atoms with Gasteiger partial charge in [0.15, 0.2) is 16.9 Å². The summed E-state index contributed by atoms with van der Waals surface area (Å²) in [5.74, 6) is -0.343. The van der Waals surface area contributed by atoms with Gasteiger partial charge in [0.25, 0.3) is 11.8 Å². The predicted octanol–water partition coefficient (Wildman–Crippen LogP) is 2.64. The molecule has 2 aromatic heterocycles. The molecule has 3 aromatic rings. The molecule has 2 amide bonds. The fourth-order valence-electron chi connectivity index (χ4n) is 3.06. The van der Waals surface area contributed by atoms with Crippen LogP contribution < -0.4 is 5.43 Å². The molecule has 1 aromatic carbocycles. The number of fused-ring (bicyclic) bond motifs is 1. The van der Waals surface area contributed by atoms with Crippen LogP contribution in [0.15, 0.2) is 56.3 Å². The maximum absolute atomic E-state index is 12.7. The minimum absolute atomic E-state index is 0.0272. The third-order valence-electron chi connectivity index (χ3n) is 4.49. The molecule has 0 saturated carbocycles. The van der Waals surface area contributed by atoms with E-state index in [-0.39, 0.29) is 28.8 Å². The van der Waals surface area contributed by atoms with Crippen LogP contribution in [-0.2, 0) is 0 Å². The lowest BCUT2D eigenvalue weighted by molar-refractivity contribution is 0.0502. The number of carbonyl (C=O) groups is 2. The first-order valence-electron chi connectivity index (χ1n) is 8.38. The van der Waals surface area contributed by atoms with Crippen molar-refractivity contribution in [2.24, 2.45) is 0 Å². The number of nitrogens with zero attached hydrogens (tertiary/aromatic N) is 2. The molecular weight excluding hydrogens is 372 g/mol. The van der Waals surface area contributed by atoms with Crippen LogP contribution in [0.5, 0.6) is 0 Å². The number of furan rings is 1. The first-order chi connectivity index (χ1) is 13.0. The maximum Gasteiger partial charge on any atom is 0.289 e. The van der Waals surface area contributed by atoms with Gasteiger partial charge in [-0.1, -0.05) is 11.6 Å². The van der Waals surface area contributed by atoms with Crippen LogP contribution in [0.3, 0.4) is 0 Å². The van der Waals surface area contributed by atoms with Crippen molar-refractivity contribution in [1.82, 2.24) is 9.80 Å². The highest BCUT2D eigenvalue weighted by Crippen LogP contribution is 2.19. The Kier molecular flexibility index (Phi) is 4.45. The molecule has 0 aliphatic carbocycles. The fraction of sp³-hybridized carbons (Fsp3) is 0.211. The summed E-state index contributed by atoms with van der Waals surface area (Å²) in [5, 5.41) is 0.749. The largest absolute Gasteiger partial charge is 0.459 e. The van der Waals surface area contributed by atoms with E-state index >= 15 is 0 Å². The normalized spacial score (nSPS) is 14.6. The topological polar surface area (TPSA) is 84.0 Å². The number of halogens is 1. The molecule has 7 nitrogen and oxygen atoms in total. The van der Waals surface area contributed by atoms with E-state index in [0.717, 1.165) is 0 Å². The summed E-state index contributed by atoms with van der Waals surface area (Å²) in [6.45, 7) is 1.43. The van der Waals surface area contributed by atoms with Crippen LogP contribution >= 0.6 is 11.6 Å². The Morgan fingerprint density at radius 1 is 0.926 bits per heavy atom. The van der Waals surface area contributed by atoms with Crippen LogP contribution in [0, 0.1) is 0 Å². The van der Waals surface area contributed by atoms with Crippen molar-refractivity contribution in [3.63, 3.8) is 0 Å². The SMILES string of the molecule is O=C(c1ccco1)N1CCN(C(=O)c2cc(=O)c3cc(Cl)ccc3o2)CC1. The van der Waals surface area contributed by atoms with E-state index < -0.39 is 0 Å². The summed E-state index contributed by atoms with van der Waals surface area (Å²) in [7, 11) is 0. The van der Waals surface area contributed by atoms with Gasteiger partial charge in [0.05, 0.1) is 11.6 Å². The number of hydrogen-bond donors (Lipinski definition) is 0. The Morgan fingerprint density at radius 3 is 2.22 bits per heavy atom. The lowest BCUT2D eigenvalue weighted by Crippen LogP contribution is -2.50. The average molecular weight is 387 g/mol. The zero-order chi connectivity index (χ0) is 19.0. The van der Waals surface area contributed by atoms with Gasteiger partial charge in [0.1, 0.15) is 5.58 Å². The van der Waals surface area contributed by atoms with Gasteiger partial charge in [-0.3, -0.25) is 14.4 Å². The third kappa shape index (κ3) is 3.33. The van der Waals surface area contributed by atoms with Gasteiger partial charge >= 0.3 is 0 Å². The number of hydrogen-bond acceptors (Lipinski definition) is 5. The van der Waals surface area contributed by atoms with Crippen molar-refractivity contribution in [2.75, 3.05) is 26.2 Å². The smallest absolute Gasteiger partial charge is 0.289 e. The Bertz CT molecular complexity index is 1070. The molecule has 0 bridgehead atoms. The highest BCUT2D eigenvalue weighted by molar-refractivity contribution is 6.31. The van der Waals surface area contributed by atoms with E-state index in [2.05, 4.69) is 0 Å². The molecule has 8 heteroatoms. The molecular formula is C19H15ClN2O5. The Morgan fingerprint density at radius 2 is 1.59 bits per heavy atom. The number of benzene rings is 1. The number of carbonyl (C=O) groups excluding carboxylic acids is 2. The van der Waals surface area contributed by atoms with Crippen LogP contribution in [-0.4, -0.2) is 47.8 Å². The molecule has 0 unspecified atom stereocenters. The van der Waals surface area contributed by atoms with E-state index in [9.17, 15) is 14.4 Å². The van der Waals surface area contributed by atoms with Crippen molar-refractivity contribution >= 4 is 34.4 Å². The molecule has 4 rings (SSSR count). The van der Waals surface area contributed by atoms with Crippen LogP contribution in [0.25, 0.3) is 11.0 Å². The first kappa shape index (κ1) is 17.4. The summed E-state index contributed by atoms with van der Waals surface area (Å²) >= 11 is 5.90. The minimum atomic E-state index is -0.381. The fourth-order valence-corrected chi connectivity index (χ4v) is 3.23. The Hall–Kier alpha value is -3.06. The summed E-state index contributed by atoms with van der Waals surface area (Å²) in [6.07, 6.45) is 1.45. The van der Waals surface area contributed by atoms with E-state index in [0.29, 0.717) is 42.2 Å². The van der Waals surface area contributed by atoms with E-state index in [1.807, 2.05) is 0 Å². The number of rotatable bonds is 2. The lowest BCUT2D eigenvalue weighted by atomic mass is 10.2. The molecule has 3 heterocycles. The molecule has 27 heavy (non-hydrogen) atoms. The second kappa shape index (κ2) is 6.92. The van der Waals surface area contributed by atoms with Crippen molar-refractivity contribution in [1.29, 1.82) is 0 Å². The molecule has 0 radical (unpaired) electrons. The second-order valence-electron chi connectivity index (χ2n) is 6.18. The number of amides is 2. The van der Waals surface area contributed by atoms with E-state index in [1.54, 1.807) is 34.1 Å². The maximum atomic E-state index is 12.7. The quantitative estimate of drug-likeness (QED) is 0.676. The summed E-state index contributed by atoms with van der Waals surface area (Å²) in [6, 6.07) is 9.12. The summed E-state index contributed by atoms with van der Waals surface area (Å²) in [4.78, 5) is 40.4. The first-order valence-corrected chi connectivity index (χ1v) is 8.76. The van der Waals surface area contributed by atoms with Crippen molar-refractivity contribution in [3.05, 3.63) is 69.4 Å². The standard InChI is InChI=1S/C19H15ClN2O5/c20-12-3-4-15-13(10-12)14(23)11-17(27-15)19(25)22-7-5-21(6-8-22)18(24)16-2-1-9-26-16/h1-4,9-11H,5-8H2. The average Bonchev–Trinajstić information content (AvgIpc) is 3.22. The van der Waals surface area contributed by atoms with Gasteiger partial charge in [-0.15, -0.1) is 0 Å². The predicted molar refractivity (Wildman–Crippen MR) is 98.0 cm³/mol. The highest BCUT2D eigenvalue weighted by atomic mass is 35.5. The monoisotopic (exact) mass is 386 g/mol. The lowest BCUT2D eigenvalue weighted by Gasteiger charge is -2.34. The molecule has 0 spiro atoms. The van der Waals surface area contributed by atoms with E-state index in [4.69, 9.17) is 20.4 Å². The molecule has 1 fully saturated rings. The zero-order valence-electron chi connectivity index (χ0n) is 14.2. The highest BCUT2D eigenvalue weighted by Gasteiger charge is 2.28. The minimum Gasteiger partial charge on any atom is -0.459 e. The van der Waals surface area contributed by atoms with Gasteiger partial charge in [0.2, 0.25) is 0 Å². The summed E-state index contributed by atoms with van der Waals surface area (Å²) < 4.78 is 10.7. The van der Waals surface area contributed by atoms with Crippen LogP contribution in [0.1, 0.15) is 21.1 Å². The zero-order valence-corrected chi connectivity index (χ0v) is 14.9. The van der Waals surface area contributed by atoms with Crippen LogP contribution in [0.2, 0.25) is 5.02 Å². The molecule has 138 valence electrons. The Labute approximate surface area is 158 Å².